The quantitative estimate of drug-likeness (QED) is 0.852. The standard InChI is InChI=1S/C15H28N4/c1-4-9-19(10-14-5-7-16-8-6-14)12-15-11-18(3)17-13(15)2/h11,14,16H,4-10,12H2,1-3H3. The van der Waals surface area contributed by atoms with Gasteiger partial charge in [-0.05, 0) is 51.7 Å². The molecular formula is C15H28N4. The highest BCUT2D eigenvalue weighted by Crippen LogP contribution is 2.16. The van der Waals surface area contributed by atoms with Gasteiger partial charge < -0.3 is 5.32 Å². The Bertz CT molecular complexity index is 379. The van der Waals surface area contributed by atoms with Crippen LogP contribution >= 0.6 is 0 Å². The van der Waals surface area contributed by atoms with Crippen LogP contribution in [0.4, 0.5) is 0 Å². The highest BCUT2D eigenvalue weighted by atomic mass is 15.3. The van der Waals surface area contributed by atoms with Crippen molar-refractivity contribution >= 4 is 0 Å². The molecular weight excluding hydrogens is 236 g/mol. The minimum atomic E-state index is 0.866. The molecule has 1 saturated heterocycles. The van der Waals surface area contributed by atoms with E-state index in [-0.39, 0.29) is 0 Å². The van der Waals surface area contributed by atoms with E-state index in [0.29, 0.717) is 0 Å². The summed E-state index contributed by atoms with van der Waals surface area (Å²) in [6.45, 7) is 10.3. The molecule has 0 amide bonds. The first-order chi connectivity index (χ1) is 9.19. The van der Waals surface area contributed by atoms with Gasteiger partial charge in [0, 0.05) is 31.9 Å². The number of piperidine rings is 1. The maximum Gasteiger partial charge on any atom is 0.0638 e. The largest absolute Gasteiger partial charge is 0.317 e. The molecule has 0 atom stereocenters. The second-order valence-electron chi connectivity index (χ2n) is 5.84. The molecule has 0 radical (unpaired) electrons. The third kappa shape index (κ3) is 4.32. The van der Waals surface area contributed by atoms with Crippen molar-refractivity contribution in [2.45, 2.75) is 39.7 Å². The Morgan fingerprint density at radius 3 is 2.74 bits per heavy atom. The second kappa shape index (κ2) is 7.06. The van der Waals surface area contributed by atoms with E-state index in [9.17, 15) is 0 Å². The lowest BCUT2D eigenvalue weighted by atomic mass is 9.97. The van der Waals surface area contributed by atoms with Gasteiger partial charge in [-0.2, -0.15) is 5.10 Å². The van der Waals surface area contributed by atoms with Crippen molar-refractivity contribution in [3.05, 3.63) is 17.5 Å². The molecule has 2 heterocycles. The van der Waals surface area contributed by atoms with E-state index in [4.69, 9.17) is 0 Å². The summed E-state index contributed by atoms with van der Waals surface area (Å²) >= 11 is 0. The zero-order valence-corrected chi connectivity index (χ0v) is 12.7. The molecule has 0 spiro atoms. The summed E-state index contributed by atoms with van der Waals surface area (Å²) < 4.78 is 1.93. The minimum absolute atomic E-state index is 0.866. The van der Waals surface area contributed by atoms with Gasteiger partial charge in [0.15, 0.2) is 0 Å². The van der Waals surface area contributed by atoms with E-state index in [1.807, 2.05) is 11.7 Å². The predicted octanol–water partition coefficient (Wildman–Crippen LogP) is 1.94. The summed E-state index contributed by atoms with van der Waals surface area (Å²) in [6, 6.07) is 0. The van der Waals surface area contributed by atoms with Crippen LogP contribution in [-0.2, 0) is 13.6 Å². The Morgan fingerprint density at radius 1 is 1.42 bits per heavy atom. The molecule has 0 unspecified atom stereocenters. The van der Waals surface area contributed by atoms with Crippen molar-refractivity contribution in [3.63, 3.8) is 0 Å². The van der Waals surface area contributed by atoms with E-state index in [1.54, 1.807) is 0 Å². The number of hydrogen-bond donors (Lipinski definition) is 1. The Balaban J connectivity index is 1.93. The maximum atomic E-state index is 4.45. The van der Waals surface area contributed by atoms with Crippen LogP contribution in [0.3, 0.4) is 0 Å². The number of aromatic nitrogens is 2. The van der Waals surface area contributed by atoms with Crippen LogP contribution in [0.1, 0.15) is 37.4 Å². The molecule has 0 saturated carbocycles. The van der Waals surface area contributed by atoms with Crippen LogP contribution in [0.5, 0.6) is 0 Å². The van der Waals surface area contributed by atoms with Crippen molar-refractivity contribution in [3.8, 4) is 0 Å². The Morgan fingerprint density at radius 2 is 2.16 bits per heavy atom. The van der Waals surface area contributed by atoms with Crippen LogP contribution in [0.15, 0.2) is 6.20 Å². The molecule has 1 aliphatic rings. The van der Waals surface area contributed by atoms with Crippen molar-refractivity contribution < 1.29 is 0 Å². The molecule has 1 aromatic rings. The number of rotatable bonds is 6. The predicted molar refractivity (Wildman–Crippen MR) is 79.1 cm³/mol. The summed E-state index contributed by atoms with van der Waals surface area (Å²) in [5, 5.41) is 7.90. The molecule has 1 fully saturated rings. The number of nitrogens with one attached hydrogen (secondary N) is 1. The molecule has 1 aromatic heterocycles. The molecule has 4 heteroatoms. The van der Waals surface area contributed by atoms with Crippen molar-refractivity contribution in [2.24, 2.45) is 13.0 Å². The smallest absolute Gasteiger partial charge is 0.0638 e. The summed E-state index contributed by atoms with van der Waals surface area (Å²) in [4.78, 5) is 2.61. The highest BCUT2D eigenvalue weighted by molar-refractivity contribution is 5.15. The lowest BCUT2D eigenvalue weighted by Gasteiger charge is -2.29. The molecule has 1 aliphatic heterocycles. The summed E-state index contributed by atoms with van der Waals surface area (Å²) in [6.07, 6.45) is 6.04. The van der Waals surface area contributed by atoms with Gasteiger partial charge in [0.1, 0.15) is 0 Å². The summed E-state index contributed by atoms with van der Waals surface area (Å²) in [5.74, 6) is 0.866. The van der Waals surface area contributed by atoms with Gasteiger partial charge in [-0.15, -0.1) is 0 Å². The molecule has 2 rings (SSSR count). The molecule has 19 heavy (non-hydrogen) atoms. The fraction of sp³-hybridized carbons (Fsp3) is 0.800. The van der Waals surface area contributed by atoms with E-state index < -0.39 is 0 Å². The topological polar surface area (TPSA) is 33.1 Å². The van der Waals surface area contributed by atoms with Gasteiger partial charge in [0.25, 0.3) is 0 Å². The van der Waals surface area contributed by atoms with Crippen molar-refractivity contribution in [2.75, 3.05) is 26.2 Å². The average Bonchev–Trinajstić information content (AvgIpc) is 2.69. The van der Waals surface area contributed by atoms with Gasteiger partial charge in [-0.1, -0.05) is 6.92 Å². The SMILES string of the molecule is CCCN(Cc1cn(C)nc1C)CC1CCNCC1. The van der Waals surface area contributed by atoms with Crippen LogP contribution in [0, 0.1) is 12.8 Å². The molecule has 4 nitrogen and oxygen atoms in total. The monoisotopic (exact) mass is 264 g/mol. The van der Waals surface area contributed by atoms with E-state index >= 15 is 0 Å². The first-order valence-electron chi connectivity index (χ1n) is 7.61. The third-order valence-electron chi connectivity index (χ3n) is 4.02. The summed E-state index contributed by atoms with van der Waals surface area (Å²) in [7, 11) is 2.01. The fourth-order valence-corrected chi connectivity index (χ4v) is 3.03. The van der Waals surface area contributed by atoms with Crippen LogP contribution in [-0.4, -0.2) is 40.9 Å². The normalized spacial score (nSPS) is 17.3. The molecule has 0 aromatic carbocycles. The van der Waals surface area contributed by atoms with Crippen LogP contribution in [0.2, 0.25) is 0 Å². The zero-order chi connectivity index (χ0) is 13.7. The van der Waals surface area contributed by atoms with E-state index in [1.165, 1.54) is 56.7 Å². The Labute approximate surface area is 117 Å². The van der Waals surface area contributed by atoms with Gasteiger partial charge in [-0.25, -0.2) is 0 Å². The average molecular weight is 264 g/mol. The molecule has 1 N–H and O–H groups in total. The van der Waals surface area contributed by atoms with Gasteiger partial charge in [0.2, 0.25) is 0 Å². The fourth-order valence-electron chi connectivity index (χ4n) is 3.03. The van der Waals surface area contributed by atoms with Gasteiger partial charge >= 0.3 is 0 Å². The van der Waals surface area contributed by atoms with E-state index in [0.717, 1.165) is 12.5 Å². The first kappa shape index (κ1) is 14.5. The molecule has 0 bridgehead atoms. The number of aryl methyl sites for hydroxylation is 2. The summed E-state index contributed by atoms with van der Waals surface area (Å²) in [5.41, 5.74) is 2.55. The van der Waals surface area contributed by atoms with Crippen LogP contribution < -0.4 is 5.32 Å². The Hall–Kier alpha value is -0.870. The number of hydrogen-bond acceptors (Lipinski definition) is 3. The molecule has 108 valence electrons. The number of nitrogens with zero attached hydrogens (tertiary/aromatic N) is 3. The third-order valence-corrected chi connectivity index (χ3v) is 4.02. The first-order valence-corrected chi connectivity index (χ1v) is 7.61. The second-order valence-corrected chi connectivity index (χ2v) is 5.84. The van der Waals surface area contributed by atoms with Gasteiger partial charge in [-0.3, -0.25) is 9.58 Å². The van der Waals surface area contributed by atoms with Crippen molar-refractivity contribution in [1.29, 1.82) is 0 Å². The lowest BCUT2D eigenvalue weighted by Crippen LogP contribution is -2.36. The Kier molecular flexibility index (Phi) is 5.40. The zero-order valence-electron chi connectivity index (χ0n) is 12.7. The maximum absolute atomic E-state index is 4.45. The van der Waals surface area contributed by atoms with Gasteiger partial charge in [0.05, 0.1) is 5.69 Å². The van der Waals surface area contributed by atoms with Crippen molar-refractivity contribution in [1.82, 2.24) is 20.0 Å². The minimum Gasteiger partial charge on any atom is -0.317 e. The molecule has 0 aliphatic carbocycles. The van der Waals surface area contributed by atoms with Crippen LogP contribution in [0.25, 0.3) is 0 Å². The van der Waals surface area contributed by atoms with E-state index in [2.05, 4.69) is 35.4 Å². The highest BCUT2D eigenvalue weighted by Gasteiger charge is 2.17. The lowest BCUT2D eigenvalue weighted by molar-refractivity contribution is 0.198.